The molecule has 31 heavy (non-hydrogen) atoms. The number of carbonyl (C=O) groups is 1. The second-order valence-electron chi connectivity index (χ2n) is 7.63. The van der Waals surface area contributed by atoms with Gasteiger partial charge in [0.05, 0.1) is 12.6 Å². The molecule has 1 atom stereocenters. The summed E-state index contributed by atoms with van der Waals surface area (Å²) >= 11 is 0. The lowest BCUT2D eigenvalue weighted by atomic mass is 10.0. The summed E-state index contributed by atoms with van der Waals surface area (Å²) in [5.74, 6) is 0.561. The van der Waals surface area contributed by atoms with Gasteiger partial charge in [0.25, 0.3) is 11.5 Å². The number of benzene rings is 2. The van der Waals surface area contributed by atoms with Crippen LogP contribution in [0.2, 0.25) is 0 Å². The summed E-state index contributed by atoms with van der Waals surface area (Å²) in [7, 11) is 2.06. The first-order valence-electron chi connectivity index (χ1n) is 10.4. The number of likely N-dealkylation sites (N-methyl/N-ethyl adjacent to an activating group) is 1. The fourth-order valence-electron chi connectivity index (χ4n) is 3.76. The predicted octanol–water partition coefficient (Wildman–Crippen LogP) is 2.45. The molecule has 1 aliphatic heterocycles. The molecule has 1 fully saturated rings. The van der Waals surface area contributed by atoms with E-state index in [1.165, 1.54) is 16.8 Å². The third kappa shape index (κ3) is 5.00. The van der Waals surface area contributed by atoms with Crippen LogP contribution in [0.3, 0.4) is 0 Å². The Bertz CT molecular complexity index is 1070. The first kappa shape index (κ1) is 20.8. The number of piperazine rings is 1. The number of hydrogen-bond donors (Lipinski definition) is 0. The molecule has 1 aromatic heterocycles. The van der Waals surface area contributed by atoms with E-state index in [2.05, 4.69) is 17.0 Å². The number of hydrogen-bond acceptors (Lipinski definition) is 5. The average Bonchev–Trinajstić information content (AvgIpc) is 2.81. The molecule has 7 nitrogen and oxygen atoms in total. The molecule has 1 aliphatic rings. The van der Waals surface area contributed by atoms with E-state index >= 15 is 0 Å². The first-order valence-corrected chi connectivity index (χ1v) is 10.4. The number of aromatic nitrogens is 2. The van der Waals surface area contributed by atoms with Crippen LogP contribution in [-0.2, 0) is 6.54 Å². The minimum absolute atomic E-state index is 0.0592. The maximum atomic E-state index is 13.3. The molecule has 0 bridgehead atoms. The van der Waals surface area contributed by atoms with Crippen LogP contribution in [0.1, 0.15) is 22.1 Å². The highest BCUT2D eigenvalue weighted by Gasteiger charge is 2.31. The standard InChI is InChI=1S/C24H26N4O3/c1-26-14-15-27(22(18-26)19-8-4-2-5-9-19)24(30)21-12-13-23(29)28(25-21)16-17-31-20-10-6-3-7-11-20/h2-13,22H,14-18H2,1H3. The minimum atomic E-state index is -0.258. The van der Waals surface area contributed by atoms with E-state index in [9.17, 15) is 9.59 Å². The van der Waals surface area contributed by atoms with Crippen LogP contribution in [0.4, 0.5) is 0 Å². The molecule has 0 spiro atoms. The third-order valence-corrected chi connectivity index (χ3v) is 5.43. The van der Waals surface area contributed by atoms with Crippen molar-refractivity contribution in [1.82, 2.24) is 19.6 Å². The van der Waals surface area contributed by atoms with Gasteiger partial charge in [-0.2, -0.15) is 5.10 Å². The van der Waals surface area contributed by atoms with Gasteiger partial charge in [-0.15, -0.1) is 0 Å². The quantitative estimate of drug-likeness (QED) is 0.615. The summed E-state index contributed by atoms with van der Waals surface area (Å²) in [5, 5.41) is 4.35. The fourth-order valence-corrected chi connectivity index (χ4v) is 3.76. The van der Waals surface area contributed by atoms with Crippen molar-refractivity contribution in [3.63, 3.8) is 0 Å². The van der Waals surface area contributed by atoms with Crippen LogP contribution >= 0.6 is 0 Å². The van der Waals surface area contributed by atoms with Crippen molar-refractivity contribution in [2.75, 3.05) is 33.3 Å². The molecule has 0 radical (unpaired) electrons. The maximum absolute atomic E-state index is 13.3. The Morgan fingerprint density at radius 3 is 2.45 bits per heavy atom. The van der Waals surface area contributed by atoms with Gasteiger partial charge in [-0.1, -0.05) is 48.5 Å². The Kier molecular flexibility index (Phi) is 6.43. The molecular formula is C24H26N4O3. The van der Waals surface area contributed by atoms with Gasteiger partial charge in [0.15, 0.2) is 0 Å². The summed E-state index contributed by atoms with van der Waals surface area (Å²) in [4.78, 5) is 29.7. The lowest BCUT2D eigenvalue weighted by molar-refractivity contribution is 0.0489. The van der Waals surface area contributed by atoms with E-state index in [1.807, 2.05) is 65.6 Å². The van der Waals surface area contributed by atoms with Crippen LogP contribution in [0.25, 0.3) is 0 Å². The lowest BCUT2D eigenvalue weighted by Gasteiger charge is -2.40. The maximum Gasteiger partial charge on any atom is 0.274 e. The highest BCUT2D eigenvalue weighted by Crippen LogP contribution is 2.26. The molecule has 0 N–H and O–H groups in total. The third-order valence-electron chi connectivity index (χ3n) is 5.43. The van der Waals surface area contributed by atoms with E-state index in [-0.39, 0.29) is 36.4 Å². The zero-order valence-electron chi connectivity index (χ0n) is 17.6. The molecule has 0 aliphatic carbocycles. The highest BCUT2D eigenvalue weighted by atomic mass is 16.5. The van der Waals surface area contributed by atoms with Crippen molar-refractivity contribution >= 4 is 5.91 Å². The predicted molar refractivity (Wildman–Crippen MR) is 118 cm³/mol. The zero-order valence-corrected chi connectivity index (χ0v) is 17.6. The van der Waals surface area contributed by atoms with E-state index in [0.29, 0.717) is 6.54 Å². The SMILES string of the molecule is CN1CCN(C(=O)c2ccc(=O)n(CCOc3ccccc3)n2)C(c2ccccc2)C1. The number of rotatable bonds is 6. The van der Waals surface area contributed by atoms with Crippen molar-refractivity contribution in [3.05, 3.63) is 94.4 Å². The van der Waals surface area contributed by atoms with Gasteiger partial charge in [0.2, 0.25) is 0 Å². The Hall–Kier alpha value is -3.45. The number of para-hydroxylation sites is 1. The Morgan fingerprint density at radius 2 is 1.71 bits per heavy atom. The van der Waals surface area contributed by atoms with Gasteiger partial charge in [-0.05, 0) is 30.8 Å². The van der Waals surface area contributed by atoms with Crippen molar-refractivity contribution in [3.8, 4) is 5.75 Å². The van der Waals surface area contributed by atoms with Gasteiger partial charge in [0, 0.05) is 25.7 Å². The molecule has 4 rings (SSSR count). The Morgan fingerprint density at radius 1 is 1.00 bits per heavy atom. The van der Waals surface area contributed by atoms with Crippen LogP contribution < -0.4 is 10.3 Å². The number of carbonyl (C=O) groups excluding carboxylic acids is 1. The molecule has 1 unspecified atom stereocenters. The van der Waals surface area contributed by atoms with Gasteiger partial charge in [-0.3, -0.25) is 9.59 Å². The smallest absolute Gasteiger partial charge is 0.274 e. The largest absolute Gasteiger partial charge is 0.492 e. The van der Waals surface area contributed by atoms with Crippen molar-refractivity contribution in [2.24, 2.45) is 0 Å². The normalized spacial score (nSPS) is 16.8. The number of ether oxygens (including phenoxy) is 1. The van der Waals surface area contributed by atoms with Crippen LogP contribution in [-0.4, -0.2) is 58.8 Å². The first-order chi connectivity index (χ1) is 15.1. The molecule has 0 saturated carbocycles. The van der Waals surface area contributed by atoms with Crippen molar-refractivity contribution < 1.29 is 9.53 Å². The number of nitrogens with zero attached hydrogens (tertiary/aromatic N) is 4. The fraction of sp³-hybridized carbons (Fsp3) is 0.292. The zero-order chi connectivity index (χ0) is 21.6. The van der Waals surface area contributed by atoms with Crippen LogP contribution in [0, 0.1) is 0 Å². The van der Waals surface area contributed by atoms with Gasteiger partial charge in [-0.25, -0.2) is 4.68 Å². The second kappa shape index (κ2) is 9.57. The Labute approximate surface area is 181 Å². The van der Waals surface area contributed by atoms with Crippen LogP contribution in [0.15, 0.2) is 77.6 Å². The lowest BCUT2D eigenvalue weighted by Crippen LogP contribution is -2.49. The molecule has 3 aromatic rings. The summed E-state index contributed by atoms with van der Waals surface area (Å²) < 4.78 is 6.96. The van der Waals surface area contributed by atoms with Crippen LogP contribution in [0.5, 0.6) is 5.75 Å². The minimum Gasteiger partial charge on any atom is -0.492 e. The van der Waals surface area contributed by atoms with Gasteiger partial charge < -0.3 is 14.5 Å². The summed E-state index contributed by atoms with van der Waals surface area (Å²) in [6.07, 6.45) is 0. The highest BCUT2D eigenvalue weighted by molar-refractivity contribution is 5.92. The monoisotopic (exact) mass is 418 g/mol. The average molecular weight is 418 g/mol. The van der Waals surface area contributed by atoms with Gasteiger partial charge in [0.1, 0.15) is 18.1 Å². The van der Waals surface area contributed by atoms with E-state index < -0.39 is 0 Å². The topological polar surface area (TPSA) is 67.7 Å². The molecule has 7 heteroatoms. The molecular weight excluding hydrogens is 392 g/mol. The molecule has 160 valence electrons. The van der Waals surface area contributed by atoms with E-state index in [4.69, 9.17) is 4.74 Å². The molecule has 2 aromatic carbocycles. The number of amides is 1. The Balaban J connectivity index is 1.50. The summed E-state index contributed by atoms with van der Waals surface area (Å²) in [6, 6.07) is 22.3. The molecule has 2 heterocycles. The summed E-state index contributed by atoms with van der Waals surface area (Å²) in [5.41, 5.74) is 1.10. The van der Waals surface area contributed by atoms with Crippen molar-refractivity contribution in [2.45, 2.75) is 12.6 Å². The molecule has 1 saturated heterocycles. The van der Waals surface area contributed by atoms with Crippen molar-refractivity contribution in [1.29, 1.82) is 0 Å². The van der Waals surface area contributed by atoms with E-state index in [0.717, 1.165) is 24.4 Å². The second-order valence-corrected chi connectivity index (χ2v) is 7.63. The van der Waals surface area contributed by atoms with Gasteiger partial charge >= 0.3 is 0 Å². The van der Waals surface area contributed by atoms with E-state index in [1.54, 1.807) is 0 Å². The molecule has 1 amide bonds. The summed E-state index contributed by atoms with van der Waals surface area (Å²) in [6.45, 7) is 2.70.